The molecule has 4 aromatic rings. The highest BCUT2D eigenvalue weighted by Gasteiger charge is 2.26. The molecule has 0 unspecified atom stereocenters. The fourth-order valence-electron chi connectivity index (χ4n) is 3.43. The minimum Gasteiger partial charge on any atom is -0.365 e. The van der Waals surface area contributed by atoms with E-state index < -0.39 is 23.9 Å². The van der Waals surface area contributed by atoms with Crippen LogP contribution in [0.15, 0.2) is 29.1 Å². The highest BCUT2D eigenvalue weighted by molar-refractivity contribution is 9.10. The number of amides is 2. The number of nitrogens with two attached hydrogens (primary N) is 1. The number of nitrogens with zero attached hydrogens (tertiary/aromatic N) is 5. The Morgan fingerprint density at radius 3 is 2.61 bits per heavy atom. The molecule has 2 amide bonds. The summed E-state index contributed by atoms with van der Waals surface area (Å²) >= 11 is 4.11. The van der Waals surface area contributed by atoms with E-state index in [4.69, 9.17) is 5.73 Å². The lowest BCUT2D eigenvalue weighted by molar-refractivity contribution is -0.116. The normalized spacial score (nSPS) is 11.5. The maximum atomic E-state index is 13.6. The summed E-state index contributed by atoms with van der Waals surface area (Å²) in [6.07, 6.45) is 2.05. The van der Waals surface area contributed by atoms with Crippen molar-refractivity contribution in [1.82, 2.24) is 24.5 Å². The zero-order valence-corrected chi connectivity index (χ0v) is 19.9. The van der Waals surface area contributed by atoms with Gasteiger partial charge in [-0.05, 0) is 41.4 Å². The van der Waals surface area contributed by atoms with E-state index in [-0.39, 0.29) is 21.9 Å². The molecule has 0 saturated heterocycles. The number of primary amides is 1. The zero-order valence-electron chi connectivity index (χ0n) is 17.5. The van der Waals surface area contributed by atoms with Gasteiger partial charge in [0.15, 0.2) is 0 Å². The van der Waals surface area contributed by atoms with Gasteiger partial charge in [-0.2, -0.15) is 10.2 Å². The maximum Gasteiger partial charge on any atom is 0.280 e. The van der Waals surface area contributed by atoms with E-state index in [0.29, 0.717) is 33.2 Å². The number of rotatable bonds is 7. The predicted octanol–water partition coefficient (Wildman–Crippen LogP) is 4.12. The molecular formula is C20H18BrF2N7O2S. The second-order valence-electron chi connectivity index (χ2n) is 7.13. The molecule has 3 N–H and O–H groups in total. The van der Waals surface area contributed by atoms with E-state index in [1.54, 1.807) is 24.0 Å². The number of thiophene rings is 1. The van der Waals surface area contributed by atoms with Crippen LogP contribution in [0.5, 0.6) is 0 Å². The first-order valence-corrected chi connectivity index (χ1v) is 11.4. The summed E-state index contributed by atoms with van der Waals surface area (Å²) in [6.45, 7) is 4.10. The average molecular weight is 538 g/mol. The molecule has 4 rings (SSSR count). The van der Waals surface area contributed by atoms with Crippen LogP contribution in [0, 0.1) is 6.92 Å². The minimum atomic E-state index is -2.83. The van der Waals surface area contributed by atoms with E-state index in [1.807, 2.05) is 6.92 Å². The van der Waals surface area contributed by atoms with Gasteiger partial charge in [-0.25, -0.2) is 13.8 Å². The fourth-order valence-corrected chi connectivity index (χ4v) is 4.77. The number of aryl methyl sites for hydroxylation is 2. The van der Waals surface area contributed by atoms with E-state index in [1.165, 1.54) is 16.9 Å². The topological polar surface area (TPSA) is 121 Å². The van der Waals surface area contributed by atoms with E-state index >= 15 is 0 Å². The summed E-state index contributed by atoms with van der Waals surface area (Å²) in [5.74, 6) is -1.28. The molecule has 9 nitrogen and oxygen atoms in total. The molecule has 0 aliphatic heterocycles. The van der Waals surface area contributed by atoms with Gasteiger partial charge >= 0.3 is 0 Å². The Morgan fingerprint density at radius 1 is 1.27 bits per heavy atom. The third kappa shape index (κ3) is 4.50. The lowest BCUT2D eigenvalue weighted by Gasteiger charge is -2.10. The molecule has 0 atom stereocenters. The summed E-state index contributed by atoms with van der Waals surface area (Å²) in [5, 5.41) is 11.5. The highest BCUT2D eigenvalue weighted by atomic mass is 79.9. The number of alkyl halides is 2. The molecule has 0 aromatic carbocycles. The molecule has 0 aliphatic rings. The van der Waals surface area contributed by atoms with E-state index in [2.05, 4.69) is 36.4 Å². The van der Waals surface area contributed by atoms with Crippen molar-refractivity contribution in [2.45, 2.75) is 33.4 Å². The smallest absolute Gasteiger partial charge is 0.280 e. The lowest BCUT2D eigenvalue weighted by atomic mass is 10.0. The Kier molecular flexibility index (Phi) is 6.26. The molecular weight excluding hydrogens is 520 g/mol. The van der Waals surface area contributed by atoms with Gasteiger partial charge in [-0.1, -0.05) is 0 Å². The van der Waals surface area contributed by atoms with Crippen molar-refractivity contribution in [2.24, 2.45) is 5.73 Å². The van der Waals surface area contributed by atoms with Gasteiger partial charge in [0, 0.05) is 29.9 Å². The number of nitrogens with one attached hydrogen (secondary N) is 1. The largest absolute Gasteiger partial charge is 0.365 e. The van der Waals surface area contributed by atoms with Crippen LogP contribution >= 0.6 is 27.3 Å². The number of fused-ring (bicyclic) bond motifs is 1. The number of halogens is 3. The monoisotopic (exact) mass is 537 g/mol. The molecule has 13 heteroatoms. The van der Waals surface area contributed by atoms with Crippen molar-refractivity contribution in [1.29, 1.82) is 0 Å². The number of carbonyl (C=O) groups is 2. The first-order chi connectivity index (χ1) is 15.7. The standard InChI is InChI=1S/C20H18BrF2N7O2S/c1-3-29-7-12(9(2)28-29)11-4-13(18(22)23)26-20-15(11)16(17(33-20)19(24)32)27-14(31)8-30-6-10(21)5-25-30/h4-7,18H,3,8H2,1-2H3,(H2,24,32)(H,27,31). The van der Waals surface area contributed by atoms with Crippen LogP contribution in [-0.2, 0) is 17.9 Å². The van der Waals surface area contributed by atoms with Crippen LogP contribution in [0.4, 0.5) is 14.5 Å². The van der Waals surface area contributed by atoms with Crippen molar-refractivity contribution >= 4 is 55.0 Å². The molecule has 4 aromatic heterocycles. The summed E-state index contributed by atoms with van der Waals surface area (Å²) in [7, 11) is 0. The number of anilines is 1. The van der Waals surface area contributed by atoms with Gasteiger partial charge < -0.3 is 11.1 Å². The molecule has 0 fully saturated rings. The molecule has 4 heterocycles. The van der Waals surface area contributed by atoms with Gasteiger partial charge in [0.2, 0.25) is 5.91 Å². The second-order valence-corrected chi connectivity index (χ2v) is 9.05. The van der Waals surface area contributed by atoms with Gasteiger partial charge in [0.05, 0.1) is 22.1 Å². The van der Waals surface area contributed by atoms with Crippen LogP contribution in [-0.4, -0.2) is 36.4 Å². The minimum absolute atomic E-state index is 0.0145. The van der Waals surface area contributed by atoms with Crippen molar-refractivity contribution in [3.8, 4) is 11.1 Å². The third-order valence-corrected chi connectivity index (χ3v) is 6.37. The van der Waals surface area contributed by atoms with Crippen LogP contribution in [0.3, 0.4) is 0 Å². The van der Waals surface area contributed by atoms with Crippen molar-refractivity contribution in [2.75, 3.05) is 5.32 Å². The lowest BCUT2D eigenvalue weighted by Crippen LogP contribution is -2.21. The van der Waals surface area contributed by atoms with Gasteiger partial charge in [0.25, 0.3) is 12.3 Å². The molecule has 0 radical (unpaired) electrons. The average Bonchev–Trinajstić information content (AvgIpc) is 3.44. The van der Waals surface area contributed by atoms with Crippen molar-refractivity contribution in [3.05, 3.63) is 45.4 Å². The summed E-state index contributed by atoms with van der Waals surface area (Å²) < 4.78 is 31.0. The van der Waals surface area contributed by atoms with E-state index in [0.717, 1.165) is 11.3 Å². The van der Waals surface area contributed by atoms with Crippen LogP contribution < -0.4 is 11.1 Å². The Morgan fingerprint density at radius 2 is 2.03 bits per heavy atom. The zero-order chi connectivity index (χ0) is 23.9. The second kappa shape index (κ2) is 8.98. The van der Waals surface area contributed by atoms with Crippen LogP contribution in [0.25, 0.3) is 21.3 Å². The fraction of sp³-hybridized carbons (Fsp3) is 0.250. The summed E-state index contributed by atoms with van der Waals surface area (Å²) in [6, 6.07) is 1.26. The van der Waals surface area contributed by atoms with Gasteiger partial charge in [-0.15, -0.1) is 11.3 Å². The van der Waals surface area contributed by atoms with Crippen LogP contribution in [0.2, 0.25) is 0 Å². The van der Waals surface area contributed by atoms with Gasteiger partial charge in [-0.3, -0.25) is 19.0 Å². The third-order valence-electron chi connectivity index (χ3n) is 4.86. The Labute approximate surface area is 198 Å². The first-order valence-electron chi connectivity index (χ1n) is 9.75. The number of hydrogen-bond acceptors (Lipinski definition) is 6. The van der Waals surface area contributed by atoms with Crippen LogP contribution in [0.1, 0.15) is 34.4 Å². The van der Waals surface area contributed by atoms with Crippen molar-refractivity contribution in [3.63, 3.8) is 0 Å². The Balaban J connectivity index is 1.90. The molecule has 0 spiro atoms. The summed E-state index contributed by atoms with van der Waals surface area (Å²) in [4.78, 5) is 29.2. The quantitative estimate of drug-likeness (QED) is 0.367. The SMILES string of the molecule is CCn1cc(-c2cc(C(F)F)nc3sc(C(N)=O)c(NC(=O)Cn4cc(Br)cn4)c23)c(C)n1. The molecule has 0 bridgehead atoms. The number of carbonyl (C=O) groups excluding carboxylic acids is 2. The maximum absolute atomic E-state index is 13.6. The first kappa shape index (κ1) is 23.0. The summed E-state index contributed by atoms with van der Waals surface area (Å²) in [5.41, 5.74) is 6.82. The highest BCUT2D eigenvalue weighted by Crippen LogP contribution is 2.43. The molecule has 172 valence electrons. The number of hydrogen-bond donors (Lipinski definition) is 2. The predicted molar refractivity (Wildman–Crippen MR) is 123 cm³/mol. The number of pyridine rings is 1. The molecule has 0 aliphatic carbocycles. The molecule has 0 saturated carbocycles. The Hall–Kier alpha value is -3.19. The van der Waals surface area contributed by atoms with Gasteiger partial charge in [0.1, 0.15) is 21.9 Å². The van der Waals surface area contributed by atoms with E-state index in [9.17, 15) is 18.4 Å². The Bertz CT molecular complexity index is 1380. The molecule has 33 heavy (non-hydrogen) atoms. The van der Waals surface area contributed by atoms with Crippen molar-refractivity contribution < 1.29 is 18.4 Å². The number of aromatic nitrogens is 5.